The van der Waals surface area contributed by atoms with E-state index in [4.69, 9.17) is 4.74 Å². The number of ether oxygens (including phenoxy) is 1. The summed E-state index contributed by atoms with van der Waals surface area (Å²) in [6.45, 7) is 4.58. The first-order chi connectivity index (χ1) is 27.8. The van der Waals surface area contributed by atoms with Crippen molar-refractivity contribution in [3.8, 4) is 17.0 Å². The highest BCUT2D eigenvalue weighted by Gasteiger charge is 2.35. The lowest BCUT2D eigenvalue weighted by molar-refractivity contribution is 0.0193. The molecule has 0 radical (unpaired) electrons. The Hall–Kier alpha value is -6.43. The van der Waals surface area contributed by atoms with E-state index in [1.165, 1.54) is 10.5 Å². The molecule has 1 saturated heterocycles. The number of carbonyl (C=O) groups is 3. The SMILES string of the molecule is O=C(O)N1CCc2cc(-c3cc(C(=O)N(c4ccccc4)c4ccc(O)cc4)c4ccccn34)c(C(=O)N3Cc4ccccc4C[C@H]3CN3CCOCC3)cc2C1. The van der Waals surface area contributed by atoms with Crippen molar-refractivity contribution in [2.75, 3.05) is 44.3 Å². The first kappa shape index (κ1) is 36.2. The fraction of sp³-hybridized carbons (Fsp3) is 0.239. The van der Waals surface area contributed by atoms with Crippen molar-refractivity contribution in [1.29, 1.82) is 0 Å². The maximum atomic E-state index is 15.4. The molecule has 4 aromatic carbocycles. The van der Waals surface area contributed by atoms with E-state index in [0.29, 0.717) is 85.0 Å². The first-order valence-corrected chi connectivity index (χ1v) is 19.4. The molecule has 6 aromatic rings. The van der Waals surface area contributed by atoms with Gasteiger partial charge in [-0.3, -0.25) is 19.4 Å². The van der Waals surface area contributed by atoms with Gasteiger partial charge in [0, 0.05) is 74.0 Å². The van der Waals surface area contributed by atoms with Crippen molar-refractivity contribution in [3.63, 3.8) is 0 Å². The lowest BCUT2D eigenvalue weighted by Gasteiger charge is -2.41. The van der Waals surface area contributed by atoms with Gasteiger partial charge in [0.25, 0.3) is 11.8 Å². The van der Waals surface area contributed by atoms with E-state index in [0.717, 1.165) is 29.8 Å². The summed E-state index contributed by atoms with van der Waals surface area (Å²) in [7, 11) is 0. The van der Waals surface area contributed by atoms with Crippen LogP contribution in [0.25, 0.3) is 16.8 Å². The lowest BCUT2D eigenvalue weighted by atomic mass is 9.89. The van der Waals surface area contributed by atoms with Crippen LogP contribution in [0.1, 0.15) is 43.0 Å². The number of para-hydroxylation sites is 1. The van der Waals surface area contributed by atoms with Crippen molar-refractivity contribution in [3.05, 3.63) is 155 Å². The van der Waals surface area contributed by atoms with Crippen LogP contribution in [0.4, 0.5) is 16.2 Å². The Labute approximate surface area is 330 Å². The van der Waals surface area contributed by atoms with Gasteiger partial charge in [-0.2, -0.15) is 0 Å². The number of aromatic nitrogens is 1. The van der Waals surface area contributed by atoms with Crippen LogP contribution in [0.2, 0.25) is 0 Å². The highest BCUT2D eigenvalue weighted by Crippen LogP contribution is 2.38. The van der Waals surface area contributed by atoms with E-state index in [9.17, 15) is 19.8 Å². The molecule has 0 aliphatic carbocycles. The number of carbonyl (C=O) groups excluding carboxylic acids is 2. The molecule has 2 N–H and O–H groups in total. The third kappa shape index (κ3) is 7.00. The fourth-order valence-electron chi connectivity index (χ4n) is 8.60. The van der Waals surface area contributed by atoms with E-state index in [1.807, 2.05) is 88.3 Å². The minimum Gasteiger partial charge on any atom is -0.508 e. The topological polar surface area (TPSA) is 118 Å². The number of phenolic OH excluding ortho intramolecular Hbond substituents is 1. The molecule has 0 bridgehead atoms. The Morgan fingerprint density at radius 2 is 1.44 bits per heavy atom. The number of rotatable bonds is 7. The Morgan fingerprint density at radius 1 is 0.719 bits per heavy atom. The molecule has 3 amide bonds. The van der Waals surface area contributed by atoms with Gasteiger partial charge in [-0.15, -0.1) is 0 Å². The fourth-order valence-corrected chi connectivity index (χ4v) is 8.60. The van der Waals surface area contributed by atoms with Crippen LogP contribution in [0.3, 0.4) is 0 Å². The molecular weight excluding hydrogens is 719 g/mol. The summed E-state index contributed by atoms with van der Waals surface area (Å²) in [6, 6.07) is 35.6. The van der Waals surface area contributed by atoms with Gasteiger partial charge >= 0.3 is 6.09 Å². The summed E-state index contributed by atoms with van der Waals surface area (Å²) in [5, 5.41) is 20.0. The molecule has 0 saturated carbocycles. The summed E-state index contributed by atoms with van der Waals surface area (Å²) in [5.74, 6) is -0.318. The average molecular weight is 762 g/mol. The summed E-state index contributed by atoms with van der Waals surface area (Å²) in [4.78, 5) is 49.8. The van der Waals surface area contributed by atoms with Crippen LogP contribution < -0.4 is 4.90 Å². The van der Waals surface area contributed by atoms with Gasteiger partial charge in [0.15, 0.2) is 0 Å². The second kappa shape index (κ2) is 15.2. The number of benzene rings is 4. The number of carboxylic acid groups (broad SMARTS) is 1. The number of anilines is 2. The molecule has 5 heterocycles. The Kier molecular flexibility index (Phi) is 9.69. The minimum absolute atomic E-state index is 0.0938. The van der Waals surface area contributed by atoms with Crippen molar-refractivity contribution in [1.82, 2.24) is 19.1 Å². The molecule has 0 spiro atoms. The van der Waals surface area contributed by atoms with Crippen molar-refractivity contribution >= 4 is 34.8 Å². The molecule has 11 nitrogen and oxygen atoms in total. The average Bonchev–Trinajstić information content (AvgIpc) is 3.63. The third-order valence-corrected chi connectivity index (χ3v) is 11.6. The molecule has 288 valence electrons. The largest absolute Gasteiger partial charge is 0.508 e. The van der Waals surface area contributed by atoms with Gasteiger partial charge in [0.1, 0.15) is 5.75 Å². The number of phenols is 1. The molecule has 1 fully saturated rings. The van der Waals surface area contributed by atoms with Gasteiger partial charge in [0.05, 0.1) is 30.0 Å². The molecule has 3 aliphatic heterocycles. The van der Waals surface area contributed by atoms with Gasteiger partial charge in [0.2, 0.25) is 0 Å². The van der Waals surface area contributed by atoms with Crippen LogP contribution in [0.5, 0.6) is 5.75 Å². The number of morpholine rings is 1. The number of fused-ring (bicyclic) bond motifs is 3. The second-order valence-corrected chi connectivity index (χ2v) is 15.0. The van der Waals surface area contributed by atoms with E-state index < -0.39 is 6.09 Å². The minimum atomic E-state index is -0.992. The smallest absolute Gasteiger partial charge is 0.407 e. The highest BCUT2D eigenvalue weighted by atomic mass is 16.5. The van der Waals surface area contributed by atoms with Gasteiger partial charge < -0.3 is 29.2 Å². The van der Waals surface area contributed by atoms with Crippen LogP contribution in [0, 0.1) is 0 Å². The predicted molar refractivity (Wildman–Crippen MR) is 217 cm³/mol. The lowest BCUT2D eigenvalue weighted by Crippen LogP contribution is -2.52. The standard InChI is InChI=1S/C46H43N5O6/c52-38-15-13-36(14-16-38)51(35-10-2-1-3-11-35)45(54)41-27-43(49-18-7-6-12-42(41)49)39-25-32-17-19-48(46(55)56)28-34(32)26-40(39)44(53)50-29-33-9-5-4-8-31(33)24-37(50)30-47-20-22-57-23-21-47/h1-16,18,25-27,37,52H,17,19-24,28-30H2,(H,55,56)/t37-/m0/s1. The zero-order valence-corrected chi connectivity index (χ0v) is 31.5. The van der Waals surface area contributed by atoms with Gasteiger partial charge in [-0.05, 0) is 102 Å². The number of nitrogens with zero attached hydrogens (tertiary/aromatic N) is 5. The maximum absolute atomic E-state index is 15.4. The predicted octanol–water partition coefficient (Wildman–Crippen LogP) is 7.23. The number of hydrogen-bond donors (Lipinski definition) is 2. The molecular formula is C46H43N5O6. The second-order valence-electron chi connectivity index (χ2n) is 15.0. The van der Waals surface area contributed by atoms with E-state index in [1.54, 1.807) is 29.2 Å². The molecule has 1 atom stereocenters. The quantitative estimate of drug-likeness (QED) is 0.176. The van der Waals surface area contributed by atoms with E-state index >= 15 is 4.79 Å². The maximum Gasteiger partial charge on any atom is 0.407 e. The number of hydrogen-bond acceptors (Lipinski definition) is 6. The van der Waals surface area contributed by atoms with Crippen LogP contribution in [0.15, 0.2) is 121 Å². The number of amides is 3. The van der Waals surface area contributed by atoms with Crippen LogP contribution >= 0.6 is 0 Å². The zero-order chi connectivity index (χ0) is 39.0. The third-order valence-electron chi connectivity index (χ3n) is 11.6. The van der Waals surface area contributed by atoms with Gasteiger partial charge in [-0.25, -0.2) is 4.79 Å². The van der Waals surface area contributed by atoms with Gasteiger partial charge in [-0.1, -0.05) is 48.5 Å². The van der Waals surface area contributed by atoms with Crippen LogP contribution in [-0.4, -0.2) is 92.7 Å². The number of aromatic hydroxyl groups is 1. The Balaban J connectivity index is 1.19. The molecule has 2 aromatic heterocycles. The summed E-state index contributed by atoms with van der Waals surface area (Å²) >= 11 is 0. The number of pyridine rings is 1. The molecule has 11 heteroatoms. The Morgan fingerprint density at radius 3 is 2.21 bits per heavy atom. The first-order valence-electron chi connectivity index (χ1n) is 19.4. The highest BCUT2D eigenvalue weighted by molar-refractivity contribution is 6.15. The molecule has 0 unspecified atom stereocenters. The van der Waals surface area contributed by atoms with Crippen LogP contribution in [-0.2, 0) is 30.7 Å². The molecule has 3 aliphatic rings. The summed E-state index contributed by atoms with van der Waals surface area (Å²) < 4.78 is 7.62. The van der Waals surface area contributed by atoms with Crippen molar-refractivity contribution in [2.24, 2.45) is 0 Å². The van der Waals surface area contributed by atoms with Crippen molar-refractivity contribution < 1.29 is 29.3 Å². The molecule has 57 heavy (non-hydrogen) atoms. The Bertz CT molecular complexity index is 2480. The normalized spacial score (nSPS) is 16.9. The summed E-state index contributed by atoms with van der Waals surface area (Å²) in [6.07, 6.45) is 2.13. The van der Waals surface area contributed by atoms with E-state index in [-0.39, 0.29) is 30.2 Å². The van der Waals surface area contributed by atoms with E-state index in [2.05, 4.69) is 23.1 Å². The monoisotopic (exact) mass is 761 g/mol. The molecule has 9 rings (SSSR count). The van der Waals surface area contributed by atoms with Crippen molar-refractivity contribution in [2.45, 2.75) is 32.0 Å². The summed E-state index contributed by atoms with van der Waals surface area (Å²) in [5.41, 5.74) is 8.31. The zero-order valence-electron chi connectivity index (χ0n) is 31.5.